The van der Waals surface area contributed by atoms with Gasteiger partial charge in [-0.25, -0.2) is 14.4 Å². The Morgan fingerprint density at radius 2 is 1.40 bits per heavy atom. The van der Waals surface area contributed by atoms with Gasteiger partial charge in [0.05, 0.1) is 56.1 Å². The molecule has 0 radical (unpaired) electrons. The van der Waals surface area contributed by atoms with Gasteiger partial charge in [-0.15, -0.1) is 0 Å². The number of nitrogens with two attached hydrogens (primary N) is 1. The number of alkyl carbamates (subject to hydrolysis) is 1. The van der Waals surface area contributed by atoms with Gasteiger partial charge in [-0.1, -0.05) is 126 Å². The second-order valence-corrected chi connectivity index (χ2v) is 37.1. The highest BCUT2D eigenvalue weighted by Crippen LogP contribution is 2.68. The number of nitrogens with zero attached hydrogens (tertiary/aromatic N) is 3. The Bertz CT molecular complexity index is 4950. The molecule has 11 rings (SSSR count). The molecule has 3 fully saturated rings. The third-order valence-electron chi connectivity index (χ3n) is 26.2. The Morgan fingerprint density at radius 1 is 0.703 bits per heavy atom. The predicted molar refractivity (Wildman–Crippen MR) is 471 cm³/mol. The topological polar surface area (TPSA) is 544 Å². The van der Waals surface area contributed by atoms with E-state index in [1.165, 1.54) is 5.56 Å². The van der Waals surface area contributed by atoms with Crippen molar-refractivity contribution in [1.29, 1.82) is 0 Å². The van der Waals surface area contributed by atoms with Crippen molar-refractivity contribution in [1.82, 2.24) is 52.0 Å². The first-order chi connectivity index (χ1) is 61.0. The van der Waals surface area contributed by atoms with Gasteiger partial charge in [0.15, 0.2) is 29.2 Å². The van der Waals surface area contributed by atoms with Crippen molar-refractivity contribution in [3.8, 4) is 5.75 Å². The number of H-pyrrole nitrogens is 1. The molecule has 17 atom stereocenters. The number of carboxylic acids is 4. The molecule has 5 aromatic rings. The van der Waals surface area contributed by atoms with Crippen LogP contribution >= 0.6 is 21.6 Å². The van der Waals surface area contributed by atoms with Crippen LogP contribution in [-0.2, 0) is 97.1 Å². The lowest BCUT2D eigenvalue weighted by Gasteiger charge is -2.63. The smallest absolute Gasteiger partial charge is 0.407 e. The number of rotatable bonds is 46. The number of amides is 7. The number of fused-ring (bicyclic) bond motifs is 6. The number of nitrogens with one attached hydrogen (secondary N) is 8. The first-order valence-electron chi connectivity index (χ1n) is 43.1. The van der Waals surface area contributed by atoms with Gasteiger partial charge in [0.2, 0.25) is 23.6 Å². The van der Waals surface area contributed by atoms with Crippen molar-refractivity contribution in [3.63, 3.8) is 0 Å². The van der Waals surface area contributed by atoms with Gasteiger partial charge >= 0.3 is 36.0 Å². The van der Waals surface area contributed by atoms with Crippen molar-refractivity contribution in [2.24, 2.45) is 28.9 Å². The van der Waals surface area contributed by atoms with Gasteiger partial charge in [0.1, 0.15) is 30.5 Å². The standard InChI is InChI=1S/C90H116N12O24S2/c1-6-87(122)45-54-44-86(3,76-58(28-33-101(48-54)50-87)57-21-14-15-22-62(57)96-76)60-41-59-66(43-69(60)124-5)100(4)82-89(59)30-34-102-32-16-29-88(7-2,81(89)102)83(119)90(82,123)70(106)47-94-85(121)125-35-36-127-128-49-56(79(115)116)40-68(105)65(42-75(111)112)97-78(114)61(91)46-93-77(113)55(37-52-17-10-8-11-18-52)39-67(104)64(38-53-19-12-9-13-20-53)95-72(108)27-31-92-71(107)24-23-63(80(117)118)98-84(120)99-73(126-51-103)25-26-74(109)110/h8-22,29,41,43,51,54-56,61,63-65,73,81-83,96,119,122-123H,6-7,23-28,30-40,42,44-50,91H2,1-5H3,(H,92,107)(H,93,113)(H,94,121)(H,95,108)(H,97,114)(H,109,110)(H,111,112)(H,115,116)(H,117,118)(H2,98,99,120)/t54-,55+,56-,61-,63-,64-,65-,73+,81-,82?,83+,86+,87-,88+,89+,90-/m0/s1. The lowest BCUT2D eigenvalue weighted by molar-refractivity contribution is -0.201. The molecule has 36 nitrogen and oxygen atoms in total. The number of piperidine rings is 1. The zero-order chi connectivity index (χ0) is 92.6. The van der Waals surface area contributed by atoms with E-state index >= 15 is 4.79 Å². The minimum Gasteiger partial charge on any atom is -0.496 e. The lowest BCUT2D eigenvalue weighted by Crippen LogP contribution is -2.81. The maximum absolute atomic E-state index is 15.4. The number of para-hydroxylation sites is 1. The van der Waals surface area contributed by atoms with Crippen LogP contribution in [0.15, 0.2) is 109 Å². The van der Waals surface area contributed by atoms with E-state index in [-0.39, 0.29) is 68.8 Å². The molecule has 6 heterocycles. The van der Waals surface area contributed by atoms with E-state index in [1.807, 2.05) is 50.1 Å². The molecule has 692 valence electrons. The molecule has 2 bridgehead atoms. The van der Waals surface area contributed by atoms with Crippen LogP contribution in [0.2, 0.25) is 0 Å². The summed E-state index contributed by atoms with van der Waals surface area (Å²) in [7, 11) is 5.54. The summed E-state index contributed by atoms with van der Waals surface area (Å²) in [4.78, 5) is 193. The molecule has 17 N–H and O–H groups in total. The lowest BCUT2D eigenvalue weighted by atomic mass is 9.47. The molecular formula is C90H116N12O24S2. The molecule has 1 spiro atoms. The molecule has 2 unspecified atom stereocenters. The summed E-state index contributed by atoms with van der Waals surface area (Å²) < 4.78 is 16.6. The number of aliphatic hydroxyl groups is 3. The first kappa shape index (κ1) is 97.6. The summed E-state index contributed by atoms with van der Waals surface area (Å²) in [6.45, 7) is 7.63. The molecular weight excluding hydrogens is 1700 g/mol. The Labute approximate surface area is 747 Å². The summed E-state index contributed by atoms with van der Waals surface area (Å²) in [5, 5.41) is 95.6. The number of anilines is 1. The number of aromatic nitrogens is 1. The number of hydrogen-bond donors (Lipinski definition) is 16. The van der Waals surface area contributed by atoms with E-state index in [0.717, 1.165) is 74.5 Å². The van der Waals surface area contributed by atoms with Gasteiger partial charge < -0.3 is 103 Å². The molecule has 2 saturated heterocycles. The van der Waals surface area contributed by atoms with Crippen LogP contribution in [0, 0.1) is 23.2 Å². The minimum absolute atomic E-state index is 0.0339. The van der Waals surface area contributed by atoms with Crippen molar-refractivity contribution in [2.75, 3.05) is 89.5 Å². The summed E-state index contributed by atoms with van der Waals surface area (Å²) in [5.41, 5.74) is 7.08. The van der Waals surface area contributed by atoms with Crippen LogP contribution < -0.4 is 52.6 Å². The average Bonchev–Trinajstić information content (AvgIpc) is 1.47. The fourth-order valence-corrected chi connectivity index (χ4v) is 22.2. The highest BCUT2D eigenvalue weighted by Gasteiger charge is 2.78. The van der Waals surface area contributed by atoms with E-state index in [1.54, 1.807) is 67.8 Å². The van der Waals surface area contributed by atoms with Crippen LogP contribution in [-0.4, -0.2) is 278 Å². The number of hydrogen-bond acceptors (Lipinski definition) is 26. The number of urea groups is 1. The molecule has 7 amide bonds. The maximum atomic E-state index is 15.4. The Morgan fingerprint density at radius 3 is 2.07 bits per heavy atom. The van der Waals surface area contributed by atoms with E-state index in [9.17, 15) is 93.0 Å². The van der Waals surface area contributed by atoms with Crippen LogP contribution in [0.3, 0.4) is 0 Å². The Balaban J connectivity index is 0.673. The van der Waals surface area contributed by atoms with Crippen molar-refractivity contribution in [3.05, 3.63) is 143 Å². The highest BCUT2D eigenvalue weighted by molar-refractivity contribution is 8.76. The summed E-state index contributed by atoms with van der Waals surface area (Å²) in [6, 6.07) is 20.8. The fraction of sp³-hybridized carbons (Fsp3) is 0.533. The molecule has 1 aliphatic carbocycles. The maximum Gasteiger partial charge on any atom is 0.407 e. The number of carbonyl (C=O) groups is 14. The molecule has 6 aliphatic rings. The number of methoxy groups -OCH3 is 1. The number of ketones is 3. The second-order valence-electron chi connectivity index (χ2n) is 34.5. The summed E-state index contributed by atoms with van der Waals surface area (Å²) >= 11 is 0. The number of carboxylic acid groups (broad SMARTS) is 4. The van der Waals surface area contributed by atoms with Gasteiger partial charge in [0, 0.05) is 152 Å². The number of benzene rings is 4. The Hall–Kier alpha value is -11.0. The predicted octanol–water partition coefficient (Wildman–Crippen LogP) is 3.78. The van der Waals surface area contributed by atoms with Gasteiger partial charge in [-0.05, 0) is 112 Å². The van der Waals surface area contributed by atoms with Gasteiger partial charge in [-0.2, -0.15) is 0 Å². The van der Waals surface area contributed by atoms with Crippen LogP contribution in [0.1, 0.15) is 138 Å². The van der Waals surface area contributed by atoms with Crippen molar-refractivity contribution in [2.45, 2.75) is 194 Å². The third kappa shape index (κ3) is 22.3. The largest absolute Gasteiger partial charge is 0.496 e. The van der Waals surface area contributed by atoms with E-state index in [0.29, 0.717) is 68.6 Å². The second kappa shape index (κ2) is 42.9. The molecule has 38 heteroatoms. The van der Waals surface area contributed by atoms with E-state index < -0.39 is 210 Å². The molecule has 4 aromatic carbocycles. The average molecular weight is 1810 g/mol. The van der Waals surface area contributed by atoms with E-state index in [4.69, 9.17) is 20.3 Å². The zero-order valence-corrected chi connectivity index (χ0v) is 73.9. The molecule has 1 saturated carbocycles. The quantitative estimate of drug-likeness (QED) is 0.00866. The molecule has 1 aromatic heterocycles. The highest BCUT2D eigenvalue weighted by atomic mass is 33.1. The number of likely N-dealkylation sites (N-methyl/N-ethyl adjacent to an activating group) is 1. The monoisotopic (exact) mass is 1810 g/mol. The third-order valence-corrected chi connectivity index (χ3v) is 28.6. The fourth-order valence-electron chi connectivity index (χ4n) is 20.1. The SMILES string of the molecule is CC[C@]1(O)C[C@H]2CN(CCc3c([nH]c4ccccc34)[C@@](C)(c3cc4c(cc3OC)N(C)C3[C@]45CCN4CC=C[C@@](CC)([C@@H](O)[C@]3(O)C(=O)CNC(=O)OCCSSC[C@H](CC(=O)[C@H](CC(=O)O)NC(=O)[C@@H](N)CNC(=O)[C@@H](CC(=O)[C@H](Cc3ccccc3)NC(=O)CCNC(=O)CC[C@H](NC(=O)N[C@@H](CCC(=O)O)OC=O)C(=O)O)Cc3ccccc3)C(=O)O)[C@H]45)C2)C1. The van der Waals surface area contributed by atoms with Crippen LogP contribution in [0.5, 0.6) is 5.75 Å². The molecule has 128 heavy (non-hydrogen) atoms. The Kier molecular flexibility index (Phi) is 32.8. The number of aliphatic carboxylic acids is 4. The first-order valence-corrected chi connectivity index (χ1v) is 45.6. The summed E-state index contributed by atoms with van der Waals surface area (Å²) in [5.74, 6) is -13.6. The molecule has 5 aliphatic heterocycles. The zero-order valence-electron chi connectivity index (χ0n) is 72.2. The normalized spacial score (nSPS) is 24.7. The van der Waals surface area contributed by atoms with E-state index in [2.05, 4.69) is 87.9 Å². The number of aromatic amines is 1. The van der Waals surface area contributed by atoms with Gasteiger partial charge in [0.25, 0.3) is 6.47 Å². The number of aliphatic hydroxyl groups excluding tert-OH is 1. The van der Waals surface area contributed by atoms with Crippen LogP contribution in [0.25, 0.3) is 10.9 Å². The number of carbonyl (C=O) groups excluding carboxylic acids is 10. The minimum atomic E-state index is -2.50. The summed E-state index contributed by atoms with van der Waals surface area (Å²) in [6.07, 6.45) is -1.09. The number of ether oxygens (including phenoxy) is 3. The van der Waals surface area contributed by atoms with Gasteiger partial charge in [-0.3, -0.25) is 62.5 Å². The van der Waals surface area contributed by atoms with Crippen molar-refractivity contribution >= 4 is 122 Å². The number of Topliss-reactive ketones (excluding diaryl/α,β-unsaturated/α-hetero) is 3. The van der Waals surface area contributed by atoms with Crippen molar-refractivity contribution < 1.29 is 117 Å². The van der Waals surface area contributed by atoms with Crippen LogP contribution in [0.4, 0.5) is 15.3 Å².